The highest BCUT2D eigenvalue weighted by molar-refractivity contribution is 7.15. The Bertz CT molecular complexity index is 996. The van der Waals surface area contributed by atoms with Crippen molar-refractivity contribution in [3.05, 3.63) is 65.0 Å². The number of aryl methyl sites for hydroxylation is 2. The predicted molar refractivity (Wildman–Crippen MR) is 97.8 cm³/mol. The van der Waals surface area contributed by atoms with Gasteiger partial charge in [-0.25, -0.2) is 4.98 Å². The smallest absolute Gasteiger partial charge is 0.196 e. The first kappa shape index (κ1) is 14.0. The second kappa shape index (κ2) is 5.25. The number of nitrogens with two attached hydrogens (primary N) is 1. The Balaban J connectivity index is 1.93. The molecule has 4 heteroatoms. The minimum absolute atomic E-state index is 0.695. The third kappa shape index (κ3) is 2.23. The second-order valence-corrected chi connectivity index (χ2v) is 6.59. The Morgan fingerprint density at radius 3 is 2.48 bits per heavy atom. The van der Waals surface area contributed by atoms with Crippen LogP contribution in [0.1, 0.15) is 11.1 Å². The molecule has 0 amide bonds. The molecule has 0 unspecified atom stereocenters. The van der Waals surface area contributed by atoms with Crippen molar-refractivity contribution in [2.24, 2.45) is 0 Å². The number of fused-ring (bicyclic) bond motifs is 1. The van der Waals surface area contributed by atoms with Gasteiger partial charge < -0.3 is 5.73 Å². The van der Waals surface area contributed by atoms with E-state index in [-0.39, 0.29) is 0 Å². The molecule has 0 atom stereocenters. The lowest BCUT2D eigenvalue weighted by molar-refractivity contribution is 1.24. The van der Waals surface area contributed by atoms with Crippen LogP contribution in [0.15, 0.2) is 53.9 Å². The molecule has 114 valence electrons. The van der Waals surface area contributed by atoms with Crippen molar-refractivity contribution in [3.63, 3.8) is 0 Å². The first-order valence-electron chi connectivity index (χ1n) is 7.53. The van der Waals surface area contributed by atoms with Gasteiger partial charge in [0.2, 0.25) is 0 Å². The fourth-order valence-electron chi connectivity index (χ4n) is 2.79. The summed E-state index contributed by atoms with van der Waals surface area (Å²) in [4.78, 5) is 5.65. The lowest BCUT2D eigenvalue weighted by Crippen LogP contribution is -1.95. The van der Waals surface area contributed by atoms with Crippen LogP contribution in [-0.2, 0) is 0 Å². The highest BCUT2D eigenvalue weighted by atomic mass is 32.1. The molecule has 0 saturated carbocycles. The number of nitrogen functional groups attached to an aromatic ring is 1. The Morgan fingerprint density at radius 2 is 1.74 bits per heavy atom. The molecule has 0 radical (unpaired) electrons. The number of rotatable bonds is 2. The van der Waals surface area contributed by atoms with Gasteiger partial charge in [-0.15, -0.1) is 11.3 Å². The molecule has 2 aromatic heterocycles. The average Bonchev–Trinajstić information content (AvgIpc) is 3.12. The molecule has 3 nitrogen and oxygen atoms in total. The van der Waals surface area contributed by atoms with Crippen molar-refractivity contribution >= 4 is 22.1 Å². The van der Waals surface area contributed by atoms with Crippen molar-refractivity contribution in [2.75, 3.05) is 5.73 Å². The summed E-state index contributed by atoms with van der Waals surface area (Å²) in [6.07, 6.45) is 0. The van der Waals surface area contributed by atoms with E-state index in [9.17, 15) is 0 Å². The molecule has 0 saturated heterocycles. The molecule has 0 bridgehead atoms. The van der Waals surface area contributed by atoms with E-state index >= 15 is 0 Å². The number of imidazole rings is 1. The summed E-state index contributed by atoms with van der Waals surface area (Å²) >= 11 is 1.62. The van der Waals surface area contributed by atoms with Gasteiger partial charge in [0.1, 0.15) is 11.5 Å². The van der Waals surface area contributed by atoms with E-state index in [4.69, 9.17) is 10.7 Å². The molecule has 4 aromatic rings. The molecular weight excluding hydrogens is 302 g/mol. The van der Waals surface area contributed by atoms with Crippen LogP contribution in [0.25, 0.3) is 27.5 Å². The van der Waals surface area contributed by atoms with Crippen LogP contribution in [0, 0.1) is 13.8 Å². The SMILES string of the molecule is Cc1ccc(-c2csc3nc(-c4ccccc4)c(N)n23)cc1C. The fraction of sp³-hybridized carbons (Fsp3) is 0.105. The van der Waals surface area contributed by atoms with Crippen LogP contribution in [-0.4, -0.2) is 9.38 Å². The van der Waals surface area contributed by atoms with Gasteiger partial charge in [-0.05, 0) is 36.6 Å². The van der Waals surface area contributed by atoms with E-state index in [1.807, 2.05) is 30.3 Å². The van der Waals surface area contributed by atoms with Gasteiger partial charge in [0.05, 0.1) is 5.69 Å². The van der Waals surface area contributed by atoms with E-state index in [0.717, 1.165) is 21.9 Å². The topological polar surface area (TPSA) is 43.3 Å². The van der Waals surface area contributed by atoms with Crippen LogP contribution >= 0.6 is 11.3 Å². The summed E-state index contributed by atoms with van der Waals surface area (Å²) in [5.74, 6) is 0.695. The Morgan fingerprint density at radius 1 is 0.957 bits per heavy atom. The standard InChI is InChI=1S/C19H17N3S/c1-12-8-9-15(10-13(12)2)16-11-23-19-21-17(18(20)22(16)19)14-6-4-3-5-7-14/h3-11H,20H2,1-2H3. The summed E-state index contributed by atoms with van der Waals surface area (Å²) in [7, 11) is 0. The van der Waals surface area contributed by atoms with Crippen LogP contribution < -0.4 is 5.73 Å². The van der Waals surface area contributed by atoms with Crippen LogP contribution in [0.2, 0.25) is 0 Å². The Labute approximate surface area is 139 Å². The minimum atomic E-state index is 0.695. The summed E-state index contributed by atoms with van der Waals surface area (Å²) in [5.41, 5.74) is 13.2. The molecule has 0 spiro atoms. The number of nitrogens with zero attached hydrogens (tertiary/aromatic N) is 2. The summed E-state index contributed by atoms with van der Waals surface area (Å²) in [6.45, 7) is 4.26. The lowest BCUT2D eigenvalue weighted by Gasteiger charge is -2.06. The highest BCUT2D eigenvalue weighted by Crippen LogP contribution is 2.34. The van der Waals surface area contributed by atoms with Gasteiger partial charge in [-0.2, -0.15) is 0 Å². The zero-order valence-corrected chi connectivity index (χ0v) is 13.9. The molecule has 2 aromatic carbocycles. The highest BCUT2D eigenvalue weighted by Gasteiger charge is 2.16. The first-order chi connectivity index (χ1) is 11.1. The van der Waals surface area contributed by atoms with Crippen molar-refractivity contribution in [3.8, 4) is 22.5 Å². The molecule has 23 heavy (non-hydrogen) atoms. The number of hydrogen-bond acceptors (Lipinski definition) is 3. The van der Waals surface area contributed by atoms with Gasteiger partial charge in [0, 0.05) is 10.9 Å². The molecule has 2 heterocycles. The van der Waals surface area contributed by atoms with Crippen molar-refractivity contribution in [1.82, 2.24) is 9.38 Å². The van der Waals surface area contributed by atoms with E-state index in [1.54, 1.807) is 11.3 Å². The molecule has 0 fully saturated rings. The predicted octanol–water partition coefficient (Wildman–Crippen LogP) is 4.93. The normalized spacial score (nSPS) is 11.2. The number of thiazole rings is 1. The molecule has 0 aliphatic heterocycles. The zero-order valence-electron chi connectivity index (χ0n) is 13.1. The van der Waals surface area contributed by atoms with E-state index in [2.05, 4.69) is 41.8 Å². The minimum Gasteiger partial charge on any atom is -0.383 e. The maximum Gasteiger partial charge on any atom is 0.196 e. The summed E-state index contributed by atoms with van der Waals surface area (Å²) < 4.78 is 2.05. The van der Waals surface area contributed by atoms with Crippen molar-refractivity contribution in [1.29, 1.82) is 0 Å². The average molecular weight is 319 g/mol. The number of aromatic nitrogens is 2. The molecule has 4 rings (SSSR count). The van der Waals surface area contributed by atoms with Crippen LogP contribution in [0.4, 0.5) is 5.82 Å². The molecular formula is C19H17N3S. The first-order valence-corrected chi connectivity index (χ1v) is 8.41. The fourth-order valence-corrected chi connectivity index (χ4v) is 3.70. The quantitative estimate of drug-likeness (QED) is 0.569. The van der Waals surface area contributed by atoms with Gasteiger partial charge in [-0.1, -0.05) is 42.5 Å². The maximum absolute atomic E-state index is 6.43. The Kier molecular flexibility index (Phi) is 3.20. The largest absolute Gasteiger partial charge is 0.383 e. The number of hydrogen-bond donors (Lipinski definition) is 1. The van der Waals surface area contributed by atoms with Crippen molar-refractivity contribution in [2.45, 2.75) is 13.8 Å². The molecule has 0 aliphatic carbocycles. The van der Waals surface area contributed by atoms with Gasteiger partial charge in [-0.3, -0.25) is 4.40 Å². The van der Waals surface area contributed by atoms with E-state index in [0.29, 0.717) is 5.82 Å². The molecule has 0 aliphatic rings. The van der Waals surface area contributed by atoms with Gasteiger partial charge >= 0.3 is 0 Å². The Hall–Kier alpha value is -2.59. The lowest BCUT2D eigenvalue weighted by atomic mass is 10.0. The monoisotopic (exact) mass is 319 g/mol. The van der Waals surface area contributed by atoms with Gasteiger partial charge in [0.25, 0.3) is 0 Å². The molecule has 2 N–H and O–H groups in total. The summed E-state index contributed by atoms with van der Waals surface area (Å²) in [6, 6.07) is 16.6. The second-order valence-electron chi connectivity index (χ2n) is 5.75. The maximum atomic E-state index is 6.43. The summed E-state index contributed by atoms with van der Waals surface area (Å²) in [5, 5.41) is 2.12. The zero-order chi connectivity index (χ0) is 16.0. The third-order valence-corrected chi connectivity index (χ3v) is 5.07. The van der Waals surface area contributed by atoms with E-state index in [1.165, 1.54) is 16.7 Å². The number of anilines is 1. The van der Waals surface area contributed by atoms with Crippen LogP contribution in [0.5, 0.6) is 0 Å². The van der Waals surface area contributed by atoms with Crippen LogP contribution in [0.3, 0.4) is 0 Å². The third-order valence-electron chi connectivity index (χ3n) is 4.25. The van der Waals surface area contributed by atoms with Gasteiger partial charge in [0.15, 0.2) is 4.96 Å². The van der Waals surface area contributed by atoms with Crippen molar-refractivity contribution < 1.29 is 0 Å². The van der Waals surface area contributed by atoms with E-state index < -0.39 is 0 Å². The number of benzene rings is 2.